The van der Waals surface area contributed by atoms with Gasteiger partial charge in [-0.15, -0.1) is 0 Å². The van der Waals surface area contributed by atoms with E-state index >= 15 is 0 Å². The minimum atomic E-state index is -0.463. The lowest BCUT2D eigenvalue weighted by Gasteiger charge is -2.34. The number of nitrogen functional groups attached to an aromatic ring is 1. The SMILES string of the molecule is N#CCCN1CCN(C(=O)c2cc(F)ccc2N)CC1. The first kappa shape index (κ1) is 14.3. The molecule has 0 bridgehead atoms. The highest BCUT2D eigenvalue weighted by atomic mass is 19.1. The van der Waals surface area contributed by atoms with Gasteiger partial charge in [-0.2, -0.15) is 5.26 Å². The van der Waals surface area contributed by atoms with Crippen LogP contribution in [0.2, 0.25) is 0 Å². The van der Waals surface area contributed by atoms with E-state index in [1.807, 2.05) is 0 Å². The molecule has 5 nitrogen and oxygen atoms in total. The van der Waals surface area contributed by atoms with E-state index in [0.717, 1.165) is 19.6 Å². The van der Waals surface area contributed by atoms with E-state index in [4.69, 9.17) is 11.0 Å². The van der Waals surface area contributed by atoms with E-state index in [1.165, 1.54) is 18.2 Å². The van der Waals surface area contributed by atoms with E-state index in [1.54, 1.807) is 4.90 Å². The van der Waals surface area contributed by atoms with Gasteiger partial charge in [0.15, 0.2) is 0 Å². The number of carbonyl (C=O) groups excluding carboxylic acids is 1. The van der Waals surface area contributed by atoms with E-state index in [2.05, 4.69) is 11.0 Å². The number of benzene rings is 1. The van der Waals surface area contributed by atoms with Crippen LogP contribution >= 0.6 is 0 Å². The molecule has 0 aliphatic carbocycles. The molecule has 0 saturated carbocycles. The maximum Gasteiger partial charge on any atom is 0.256 e. The molecule has 1 aliphatic heterocycles. The summed E-state index contributed by atoms with van der Waals surface area (Å²) in [4.78, 5) is 16.1. The number of nitriles is 1. The molecule has 1 heterocycles. The Morgan fingerprint density at radius 1 is 1.35 bits per heavy atom. The third kappa shape index (κ3) is 3.25. The van der Waals surface area contributed by atoms with Gasteiger partial charge in [0.2, 0.25) is 0 Å². The van der Waals surface area contributed by atoms with E-state index < -0.39 is 5.82 Å². The summed E-state index contributed by atoms with van der Waals surface area (Å²) < 4.78 is 13.2. The molecule has 20 heavy (non-hydrogen) atoms. The number of rotatable bonds is 3. The topological polar surface area (TPSA) is 73.4 Å². The molecule has 0 atom stereocenters. The van der Waals surface area contributed by atoms with Crippen molar-refractivity contribution < 1.29 is 9.18 Å². The number of carbonyl (C=O) groups is 1. The van der Waals surface area contributed by atoms with Crippen molar-refractivity contribution >= 4 is 11.6 Å². The molecule has 2 N–H and O–H groups in total. The van der Waals surface area contributed by atoms with Crippen LogP contribution in [0, 0.1) is 17.1 Å². The summed E-state index contributed by atoms with van der Waals surface area (Å²) in [6.07, 6.45) is 0.491. The lowest BCUT2D eigenvalue weighted by Crippen LogP contribution is -2.48. The van der Waals surface area contributed by atoms with Crippen LogP contribution in [-0.4, -0.2) is 48.4 Å². The second kappa shape index (κ2) is 6.35. The van der Waals surface area contributed by atoms with Gasteiger partial charge in [0.05, 0.1) is 11.6 Å². The third-order valence-electron chi connectivity index (χ3n) is 3.45. The van der Waals surface area contributed by atoms with Gasteiger partial charge in [-0.1, -0.05) is 0 Å². The molecule has 1 fully saturated rings. The standard InChI is InChI=1S/C14H17FN4O/c15-11-2-3-13(17)12(10-11)14(20)19-8-6-18(7-9-19)5-1-4-16/h2-3,10H,1,5-9,17H2. The lowest BCUT2D eigenvalue weighted by molar-refractivity contribution is 0.0640. The Morgan fingerprint density at radius 2 is 2.05 bits per heavy atom. The Hall–Kier alpha value is -2.13. The second-order valence-electron chi connectivity index (χ2n) is 4.77. The van der Waals surface area contributed by atoms with Gasteiger partial charge >= 0.3 is 0 Å². The minimum Gasteiger partial charge on any atom is -0.398 e. The molecule has 0 unspecified atom stereocenters. The van der Waals surface area contributed by atoms with E-state index in [0.29, 0.717) is 25.2 Å². The van der Waals surface area contributed by atoms with Crippen molar-refractivity contribution in [1.82, 2.24) is 9.80 Å². The Balaban J connectivity index is 1.98. The molecule has 2 rings (SSSR count). The summed E-state index contributed by atoms with van der Waals surface area (Å²) in [6, 6.07) is 5.94. The number of hydrogen-bond acceptors (Lipinski definition) is 4. The Labute approximate surface area is 117 Å². The first-order chi connectivity index (χ1) is 9.61. The average molecular weight is 276 g/mol. The molecule has 1 saturated heterocycles. The maximum absolute atomic E-state index is 13.2. The summed E-state index contributed by atoms with van der Waals surface area (Å²) >= 11 is 0. The van der Waals surface area contributed by atoms with Gasteiger partial charge in [0.25, 0.3) is 5.91 Å². The molecule has 0 radical (unpaired) electrons. The molecule has 6 heteroatoms. The van der Waals surface area contributed by atoms with E-state index in [9.17, 15) is 9.18 Å². The zero-order valence-corrected chi connectivity index (χ0v) is 11.2. The lowest BCUT2D eigenvalue weighted by atomic mass is 10.1. The van der Waals surface area contributed by atoms with Crippen molar-refractivity contribution in [3.05, 3.63) is 29.6 Å². The molecule has 106 valence electrons. The summed E-state index contributed by atoms with van der Waals surface area (Å²) in [7, 11) is 0. The largest absolute Gasteiger partial charge is 0.398 e. The van der Waals surface area contributed by atoms with Crippen LogP contribution in [0.25, 0.3) is 0 Å². The average Bonchev–Trinajstić information content (AvgIpc) is 2.47. The first-order valence-electron chi connectivity index (χ1n) is 6.55. The summed E-state index contributed by atoms with van der Waals surface area (Å²) in [6.45, 7) is 3.31. The number of nitrogens with two attached hydrogens (primary N) is 1. The maximum atomic E-state index is 13.2. The van der Waals surface area contributed by atoms with Crippen molar-refractivity contribution in [1.29, 1.82) is 5.26 Å². The first-order valence-corrected chi connectivity index (χ1v) is 6.55. The molecular weight excluding hydrogens is 259 g/mol. The quantitative estimate of drug-likeness (QED) is 0.838. The van der Waals surface area contributed by atoms with Gasteiger partial charge in [-0.3, -0.25) is 9.69 Å². The molecule has 1 aromatic rings. The smallest absolute Gasteiger partial charge is 0.256 e. The van der Waals surface area contributed by atoms with Crippen LogP contribution in [0.4, 0.5) is 10.1 Å². The molecule has 0 aromatic heterocycles. The Bertz CT molecular complexity index is 532. The fourth-order valence-electron chi connectivity index (χ4n) is 2.27. The Morgan fingerprint density at radius 3 is 2.70 bits per heavy atom. The fourth-order valence-corrected chi connectivity index (χ4v) is 2.27. The van der Waals surface area contributed by atoms with Crippen molar-refractivity contribution in [3.63, 3.8) is 0 Å². The highest BCUT2D eigenvalue weighted by Gasteiger charge is 2.23. The molecule has 1 aliphatic rings. The normalized spacial score (nSPS) is 15.9. The van der Waals surface area contributed by atoms with Crippen molar-refractivity contribution in [2.75, 3.05) is 38.5 Å². The Kier molecular flexibility index (Phi) is 4.53. The van der Waals surface area contributed by atoms with Gasteiger partial charge in [0, 0.05) is 44.8 Å². The predicted molar refractivity (Wildman–Crippen MR) is 73.4 cm³/mol. The van der Waals surface area contributed by atoms with Crippen LogP contribution in [-0.2, 0) is 0 Å². The van der Waals surface area contributed by atoms with Gasteiger partial charge < -0.3 is 10.6 Å². The minimum absolute atomic E-state index is 0.218. The van der Waals surface area contributed by atoms with E-state index in [-0.39, 0.29) is 11.5 Å². The zero-order valence-electron chi connectivity index (χ0n) is 11.2. The fraction of sp³-hybridized carbons (Fsp3) is 0.429. The van der Waals surface area contributed by atoms with Crippen molar-refractivity contribution in [3.8, 4) is 6.07 Å². The van der Waals surface area contributed by atoms with Crippen LogP contribution in [0.15, 0.2) is 18.2 Å². The predicted octanol–water partition coefficient (Wildman–Crippen LogP) is 1.08. The molecule has 1 amide bonds. The molecular formula is C14H17FN4O. The van der Waals surface area contributed by atoms with Crippen molar-refractivity contribution in [2.45, 2.75) is 6.42 Å². The third-order valence-corrected chi connectivity index (χ3v) is 3.45. The molecule has 0 spiro atoms. The van der Waals surface area contributed by atoms with Crippen LogP contribution in [0.3, 0.4) is 0 Å². The van der Waals surface area contributed by atoms with Crippen molar-refractivity contribution in [2.24, 2.45) is 0 Å². The van der Waals surface area contributed by atoms with Crippen LogP contribution in [0.1, 0.15) is 16.8 Å². The zero-order chi connectivity index (χ0) is 14.5. The molecule has 1 aromatic carbocycles. The second-order valence-corrected chi connectivity index (χ2v) is 4.77. The highest BCUT2D eigenvalue weighted by molar-refractivity contribution is 5.99. The summed E-state index contributed by atoms with van der Waals surface area (Å²) in [5.41, 5.74) is 6.24. The number of anilines is 1. The number of amides is 1. The van der Waals surface area contributed by atoms with Gasteiger partial charge in [-0.05, 0) is 18.2 Å². The number of piperazine rings is 1. The number of halogens is 1. The highest BCUT2D eigenvalue weighted by Crippen LogP contribution is 2.17. The number of nitrogens with zero attached hydrogens (tertiary/aromatic N) is 3. The van der Waals surface area contributed by atoms with Crippen LogP contribution < -0.4 is 5.73 Å². The van der Waals surface area contributed by atoms with Crippen LogP contribution in [0.5, 0.6) is 0 Å². The summed E-state index contributed by atoms with van der Waals surface area (Å²) in [5.74, 6) is -0.697. The summed E-state index contributed by atoms with van der Waals surface area (Å²) in [5, 5.41) is 8.55. The van der Waals surface area contributed by atoms with Gasteiger partial charge in [0.1, 0.15) is 5.82 Å². The van der Waals surface area contributed by atoms with Gasteiger partial charge in [-0.25, -0.2) is 4.39 Å². The monoisotopic (exact) mass is 276 g/mol. The number of hydrogen-bond donors (Lipinski definition) is 1.